The third-order valence-electron chi connectivity index (χ3n) is 3.92. The maximum atomic E-state index is 13.2. The Balaban J connectivity index is 1.60. The van der Waals surface area contributed by atoms with Gasteiger partial charge in [0.05, 0.1) is 24.8 Å². The fraction of sp³-hybridized carbons (Fsp3) is 0.500. The number of benzene rings is 1. The number of carbonyl (C=O) groups is 1. The molecule has 108 valence electrons. The lowest BCUT2D eigenvalue weighted by Gasteiger charge is -2.39. The molecule has 0 unspecified atom stereocenters. The number of rotatable bonds is 2. The Hall–Kier alpha value is -1.82. The van der Waals surface area contributed by atoms with Gasteiger partial charge in [-0.25, -0.2) is 4.39 Å². The molecule has 0 spiro atoms. The summed E-state index contributed by atoms with van der Waals surface area (Å²) in [5.74, 6) is -0.162. The van der Waals surface area contributed by atoms with E-state index in [4.69, 9.17) is 10.5 Å². The van der Waals surface area contributed by atoms with E-state index in [9.17, 15) is 9.18 Å². The summed E-state index contributed by atoms with van der Waals surface area (Å²) >= 11 is 0. The van der Waals surface area contributed by atoms with Crippen molar-refractivity contribution in [3.05, 3.63) is 24.0 Å². The second-order valence-corrected chi connectivity index (χ2v) is 5.25. The monoisotopic (exact) mass is 279 g/mol. The average molecular weight is 279 g/mol. The lowest BCUT2D eigenvalue weighted by atomic mass is 10.1. The Bertz CT molecular complexity index is 511. The number of nitrogens with two attached hydrogens (primary N) is 1. The zero-order valence-electron chi connectivity index (χ0n) is 11.2. The number of amides is 1. The minimum absolute atomic E-state index is 0.0445. The molecule has 20 heavy (non-hydrogen) atoms. The predicted molar refractivity (Wildman–Crippen MR) is 73.9 cm³/mol. The van der Waals surface area contributed by atoms with E-state index < -0.39 is 5.82 Å². The van der Waals surface area contributed by atoms with Gasteiger partial charge < -0.3 is 20.3 Å². The van der Waals surface area contributed by atoms with Crippen LogP contribution in [-0.4, -0.2) is 50.2 Å². The van der Waals surface area contributed by atoms with Crippen LogP contribution < -0.4 is 10.6 Å². The number of nitrogen functional groups attached to an aromatic ring is 1. The van der Waals surface area contributed by atoms with Gasteiger partial charge in [0.25, 0.3) is 0 Å². The van der Waals surface area contributed by atoms with Crippen LogP contribution in [0.5, 0.6) is 0 Å². The Kier molecular flexibility index (Phi) is 3.48. The number of piperazine rings is 1. The molecule has 1 amide bonds. The predicted octanol–water partition coefficient (Wildman–Crippen LogP) is 0.703. The summed E-state index contributed by atoms with van der Waals surface area (Å²) in [4.78, 5) is 16.1. The number of hydrogen-bond acceptors (Lipinski definition) is 4. The summed E-state index contributed by atoms with van der Waals surface area (Å²) < 4.78 is 18.2. The Morgan fingerprint density at radius 1 is 1.25 bits per heavy atom. The first-order valence-corrected chi connectivity index (χ1v) is 6.81. The number of carbonyl (C=O) groups excluding carboxylic acids is 1. The topological polar surface area (TPSA) is 58.8 Å². The van der Waals surface area contributed by atoms with Crippen LogP contribution in [0.15, 0.2) is 18.2 Å². The van der Waals surface area contributed by atoms with Crippen molar-refractivity contribution in [1.82, 2.24) is 4.90 Å². The van der Waals surface area contributed by atoms with Gasteiger partial charge >= 0.3 is 0 Å². The van der Waals surface area contributed by atoms with E-state index in [2.05, 4.69) is 4.90 Å². The molecular weight excluding hydrogens is 261 g/mol. The van der Waals surface area contributed by atoms with Gasteiger partial charge in [0.1, 0.15) is 5.82 Å². The Morgan fingerprint density at radius 2 is 1.95 bits per heavy atom. The van der Waals surface area contributed by atoms with E-state index in [0.29, 0.717) is 26.3 Å². The van der Waals surface area contributed by atoms with E-state index in [1.165, 1.54) is 6.07 Å². The van der Waals surface area contributed by atoms with Crippen molar-refractivity contribution in [3.63, 3.8) is 0 Å². The second-order valence-electron chi connectivity index (χ2n) is 5.25. The summed E-state index contributed by atoms with van der Waals surface area (Å²) in [5, 5.41) is 0. The average Bonchev–Trinajstić information content (AvgIpc) is 2.40. The molecule has 0 aliphatic carbocycles. The summed E-state index contributed by atoms with van der Waals surface area (Å²) in [5.41, 5.74) is 6.65. The number of nitrogens with zero attached hydrogens (tertiary/aromatic N) is 2. The fourth-order valence-electron chi connectivity index (χ4n) is 2.55. The molecular formula is C14H18FN3O2. The standard InChI is InChI=1S/C14H18FN3O2/c15-12-2-1-11(7-13(12)16)17-3-5-18(6-4-17)14(19)10-8-20-9-10/h1-2,7,10H,3-6,8-9,16H2. The van der Waals surface area contributed by atoms with Crippen molar-refractivity contribution in [2.24, 2.45) is 5.92 Å². The smallest absolute Gasteiger partial charge is 0.230 e. The molecule has 2 fully saturated rings. The van der Waals surface area contributed by atoms with Crippen LogP contribution in [0.25, 0.3) is 0 Å². The number of hydrogen-bond donors (Lipinski definition) is 1. The summed E-state index contributed by atoms with van der Waals surface area (Å²) in [7, 11) is 0. The molecule has 0 saturated carbocycles. The highest BCUT2D eigenvalue weighted by atomic mass is 19.1. The first kappa shape index (κ1) is 13.2. The van der Waals surface area contributed by atoms with Crippen LogP contribution in [-0.2, 0) is 9.53 Å². The highest BCUT2D eigenvalue weighted by Crippen LogP contribution is 2.22. The van der Waals surface area contributed by atoms with Gasteiger partial charge in [-0.3, -0.25) is 4.79 Å². The minimum Gasteiger partial charge on any atom is -0.396 e. The third-order valence-corrected chi connectivity index (χ3v) is 3.92. The van der Waals surface area contributed by atoms with Crippen molar-refractivity contribution in [3.8, 4) is 0 Å². The third kappa shape index (κ3) is 2.43. The molecule has 2 aliphatic rings. The molecule has 0 aromatic heterocycles. The molecule has 1 aromatic rings. The lowest BCUT2D eigenvalue weighted by Crippen LogP contribution is -2.53. The minimum atomic E-state index is -0.396. The van der Waals surface area contributed by atoms with Crippen molar-refractivity contribution in [2.45, 2.75) is 0 Å². The maximum Gasteiger partial charge on any atom is 0.230 e. The van der Waals surface area contributed by atoms with E-state index in [1.54, 1.807) is 12.1 Å². The summed E-state index contributed by atoms with van der Waals surface area (Å²) in [6.07, 6.45) is 0. The van der Waals surface area contributed by atoms with Gasteiger partial charge in [-0.15, -0.1) is 0 Å². The maximum absolute atomic E-state index is 13.2. The molecule has 2 heterocycles. The van der Waals surface area contributed by atoms with Crippen LogP contribution in [0.4, 0.5) is 15.8 Å². The number of anilines is 2. The SMILES string of the molecule is Nc1cc(N2CCN(C(=O)C3COC3)CC2)ccc1F. The van der Waals surface area contributed by atoms with Gasteiger partial charge in [-0.1, -0.05) is 0 Å². The number of ether oxygens (including phenoxy) is 1. The first-order valence-electron chi connectivity index (χ1n) is 6.81. The van der Waals surface area contributed by atoms with Gasteiger partial charge in [0.2, 0.25) is 5.91 Å². The molecule has 0 atom stereocenters. The van der Waals surface area contributed by atoms with Crippen LogP contribution >= 0.6 is 0 Å². The molecule has 0 bridgehead atoms. The van der Waals surface area contributed by atoms with Gasteiger partial charge in [-0.2, -0.15) is 0 Å². The van der Waals surface area contributed by atoms with Crippen LogP contribution in [0.1, 0.15) is 0 Å². The first-order chi connectivity index (χ1) is 9.65. The Morgan fingerprint density at radius 3 is 2.50 bits per heavy atom. The molecule has 2 N–H and O–H groups in total. The lowest BCUT2D eigenvalue weighted by molar-refractivity contribution is -0.150. The van der Waals surface area contributed by atoms with Gasteiger partial charge in [0.15, 0.2) is 0 Å². The van der Waals surface area contributed by atoms with Crippen molar-refractivity contribution in [2.75, 3.05) is 50.0 Å². The van der Waals surface area contributed by atoms with E-state index in [-0.39, 0.29) is 17.5 Å². The summed E-state index contributed by atoms with van der Waals surface area (Å²) in [6, 6.07) is 4.75. The number of halogens is 1. The van der Waals surface area contributed by atoms with Gasteiger partial charge in [0, 0.05) is 31.9 Å². The Labute approximate surface area is 117 Å². The molecule has 0 radical (unpaired) electrons. The van der Waals surface area contributed by atoms with Crippen LogP contribution in [0.3, 0.4) is 0 Å². The van der Waals surface area contributed by atoms with Crippen LogP contribution in [0, 0.1) is 11.7 Å². The van der Waals surface area contributed by atoms with E-state index in [1.807, 2.05) is 4.90 Å². The van der Waals surface area contributed by atoms with Gasteiger partial charge in [-0.05, 0) is 18.2 Å². The highest BCUT2D eigenvalue weighted by Gasteiger charge is 2.32. The van der Waals surface area contributed by atoms with Crippen LogP contribution in [0.2, 0.25) is 0 Å². The zero-order valence-corrected chi connectivity index (χ0v) is 11.2. The second kappa shape index (κ2) is 5.28. The van der Waals surface area contributed by atoms with Crippen molar-refractivity contribution >= 4 is 17.3 Å². The highest BCUT2D eigenvalue weighted by molar-refractivity contribution is 5.80. The molecule has 2 aliphatic heterocycles. The van der Waals surface area contributed by atoms with E-state index in [0.717, 1.165) is 18.8 Å². The molecule has 5 nitrogen and oxygen atoms in total. The normalized spacial score (nSPS) is 19.9. The molecule has 1 aromatic carbocycles. The largest absolute Gasteiger partial charge is 0.396 e. The zero-order chi connectivity index (χ0) is 14.1. The van der Waals surface area contributed by atoms with Crippen molar-refractivity contribution < 1.29 is 13.9 Å². The molecule has 2 saturated heterocycles. The summed E-state index contributed by atoms with van der Waals surface area (Å²) in [6.45, 7) is 3.95. The quantitative estimate of drug-likeness (QED) is 0.810. The van der Waals surface area contributed by atoms with Crippen molar-refractivity contribution in [1.29, 1.82) is 0 Å². The molecule has 6 heteroatoms. The fourth-order valence-corrected chi connectivity index (χ4v) is 2.55. The molecule has 3 rings (SSSR count). The van der Waals surface area contributed by atoms with E-state index >= 15 is 0 Å².